The van der Waals surface area contributed by atoms with Crippen molar-refractivity contribution in [2.45, 2.75) is 57.2 Å². The Hall–Kier alpha value is -1.40. The number of carbonyl (C=O) groups is 2. The Morgan fingerprint density at radius 3 is 2.87 bits per heavy atom. The van der Waals surface area contributed by atoms with Gasteiger partial charge in [-0.1, -0.05) is 0 Å². The maximum atomic E-state index is 12.7. The molecule has 4 atom stereocenters. The van der Waals surface area contributed by atoms with E-state index in [1.807, 2.05) is 5.38 Å². The molecule has 2 aliphatic carbocycles. The fourth-order valence-corrected chi connectivity index (χ4v) is 5.35. The van der Waals surface area contributed by atoms with E-state index in [1.54, 1.807) is 11.3 Å². The molecule has 1 aromatic heterocycles. The van der Waals surface area contributed by atoms with Gasteiger partial charge in [-0.25, -0.2) is 0 Å². The van der Waals surface area contributed by atoms with Gasteiger partial charge in [-0.3, -0.25) is 9.59 Å². The van der Waals surface area contributed by atoms with Gasteiger partial charge >= 0.3 is 0 Å². The lowest BCUT2D eigenvalue weighted by atomic mass is 9.71. The van der Waals surface area contributed by atoms with Crippen molar-refractivity contribution < 1.29 is 14.3 Å². The summed E-state index contributed by atoms with van der Waals surface area (Å²) in [4.78, 5) is 25.5. The Morgan fingerprint density at radius 2 is 2.04 bits per heavy atom. The maximum Gasteiger partial charge on any atom is 0.252 e. The van der Waals surface area contributed by atoms with Gasteiger partial charge in [0.15, 0.2) is 0 Å². The largest absolute Gasteiger partial charge is 0.376 e. The van der Waals surface area contributed by atoms with Crippen LogP contribution in [0.15, 0.2) is 5.38 Å². The summed E-state index contributed by atoms with van der Waals surface area (Å²) in [5.41, 5.74) is 2.09. The number of nitrogens with one attached hydrogen (secondary N) is 2. The van der Waals surface area contributed by atoms with E-state index >= 15 is 0 Å². The standard InChI is InChI=1S/C17H22N2O3S/c1-9(20)18-15-14(11-6-7-22-16(11)15)19-17(21)12-8-23-13-5-3-2-4-10(12)13/h8,11,14-16H,2-7H2,1H3,(H,18,20)(H,19,21)/t11-,14+,15-,16-/m1/s1. The lowest BCUT2D eigenvalue weighted by molar-refractivity contribution is -0.123. The molecule has 1 saturated heterocycles. The quantitative estimate of drug-likeness (QED) is 0.883. The second-order valence-electron chi connectivity index (χ2n) is 6.77. The minimum atomic E-state index is -0.0987. The molecule has 2 fully saturated rings. The third kappa shape index (κ3) is 2.58. The van der Waals surface area contributed by atoms with Crippen LogP contribution in [-0.2, 0) is 22.4 Å². The summed E-state index contributed by atoms with van der Waals surface area (Å²) in [6.07, 6.45) is 5.51. The Kier molecular flexibility index (Phi) is 3.89. The molecule has 4 rings (SSSR count). The highest BCUT2D eigenvalue weighted by atomic mass is 32.1. The van der Waals surface area contributed by atoms with E-state index in [1.165, 1.54) is 30.2 Å². The van der Waals surface area contributed by atoms with Crippen molar-refractivity contribution in [1.82, 2.24) is 10.6 Å². The van der Waals surface area contributed by atoms with Crippen molar-refractivity contribution in [2.24, 2.45) is 5.92 Å². The topological polar surface area (TPSA) is 67.4 Å². The normalized spacial score (nSPS) is 31.7. The molecule has 23 heavy (non-hydrogen) atoms. The van der Waals surface area contributed by atoms with Crippen LogP contribution in [0.3, 0.4) is 0 Å². The first-order valence-corrected chi connectivity index (χ1v) is 9.32. The second kappa shape index (κ2) is 5.91. The molecule has 1 aromatic rings. The van der Waals surface area contributed by atoms with Gasteiger partial charge in [0.2, 0.25) is 5.91 Å². The molecule has 0 spiro atoms. The highest BCUT2D eigenvalue weighted by molar-refractivity contribution is 7.10. The van der Waals surface area contributed by atoms with Crippen molar-refractivity contribution in [1.29, 1.82) is 0 Å². The van der Waals surface area contributed by atoms with Crippen molar-refractivity contribution in [2.75, 3.05) is 6.61 Å². The molecule has 0 unspecified atom stereocenters. The van der Waals surface area contributed by atoms with Gasteiger partial charge in [-0.2, -0.15) is 0 Å². The number of fused-ring (bicyclic) bond motifs is 2. The minimum Gasteiger partial charge on any atom is -0.376 e. The Morgan fingerprint density at radius 1 is 1.22 bits per heavy atom. The first-order valence-electron chi connectivity index (χ1n) is 8.44. The van der Waals surface area contributed by atoms with E-state index in [-0.39, 0.29) is 30.0 Å². The highest BCUT2D eigenvalue weighted by Gasteiger charge is 2.55. The van der Waals surface area contributed by atoms with Gasteiger partial charge in [0.1, 0.15) is 0 Å². The summed E-state index contributed by atoms with van der Waals surface area (Å²) >= 11 is 1.71. The summed E-state index contributed by atoms with van der Waals surface area (Å²) in [5.74, 6) is 0.261. The summed E-state index contributed by atoms with van der Waals surface area (Å²) < 4.78 is 5.69. The Balaban J connectivity index is 1.49. The third-order valence-electron chi connectivity index (χ3n) is 5.36. The second-order valence-corrected chi connectivity index (χ2v) is 7.74. The number of carbonyl (C=O) groups excluding carboxylic acids is 2. The molecular formula is C17H22N2O3S. The van der Waals surface area contributed by atoms with Gasteiger partial charge in [-0.15, -0.1) is 11.3 Å². The molecule has 1 aliphatic heterocycles. The molecule has 124 valence electrons. The van der Waals surface area contributed by atoms with Crippen molar-refractivity contribution in [3.8, 4) is 0 Å². The number of thiophene rings is 1. The molecule has 5 nitrogen and oxygen atoms in total. The molecule has 6 heteroatoms. The van der Waals surface area contributed by atoms with Crippen LogP contribution in [0, 0.1) is 5.92 Å². The van der Waals surface area contributed by atoms with E-state index in [9.17, 15) is 9.59 Å². The molecule has 0 bridgehead atoms. The lowest BCUT2D eigenvalue weighted by Gasteiger charge is -2.47. The summed E-state index contributed by atoms with van der Waals surface area (Å²) in [5, 5.41) is 8.11. The molecule has 2 N–H and O–H groups in total. The third-order valence-corrected chi connectivity index (χ3v) is 6.45. The van der Waals surface area contributed by atoms with Gasteiger partial charge in [0.25, 0.3) is 5.91 Å². The summed E-state index contributed by atoms with van der Waals surface area (Å²) in [6.45, 7) is 2.22. The fraction of sp³-hybridized carbons (Fsp3) is 0.647. The smallest absolute Gasteiger partial charge is 0.252 e. The number of hydrogen-bond acceptors (Lipinski definition) is 4. The van der Waals surface area contributed by atoms with E-state index in [4.69, 9.17) is 4.74 Å². The molecule has 2 amide bonds. The van der Waals surface area contributed by atoms with Crippen LogP contribution >= 0.6 is 11.3 Å². The van der Waals surface area contributed by atoms with E-state index in [0.717, 1.165) is 24.8 Å². The number of aryl methyl sites for hydroxylation is 1. The maximum absolute atomic E-state index is 12.7. The zero-order valence-electron chi connectivity index (χ0n) is 13.3. The van der Waals surface area contributed by atoms with Gasteiger partial charge in [-0.05, 0) is 37.7 Å². The monoisotopic (exact) mass is 334 g/mol. The van der Waals surface area contributed by atoms with Crippen LogP contribution < -0.4 is 10.6 Å². The SMILES string of the molecule is CC(=O)N[C@@H]1[C@@H](NC(=O)c2csc3c2CCCC3)[C@H]2CCO[C@H]21. The average molecular weight is 334 g/mol. The van der Waals surface area contributed by atoms with Crippen LogP contribution in [0.5, 0.6) is 0 Å². The van der Waals surface area contributed by atoms with Crippen LogP contribution in [0.2, 0.25) is 0 Å². The van der Waals surface area contributed by atoms with Crippen LogP contribution in [-0.4, -0.2) is 36.6 Å². The first kappa shape index (κ1) is 15.1. The van der Waals surface area contributed by atoms with Crippen LogP contribution in [0.1, 0.15) is 47.0 Å². The number of amides is 2. The van der Waals surface area contributed by atoms with E-state index in [2.05, 4.69) is 10.6 Å². The van der Waals surface area contributed by atoms with Gasteiger partial charge in [0.05, 0.1) is 23.8 Å². The number of hydrogen-bond donors (Lipinski definition) is 2. The minimum absolute atomic E-state index is 0.00935. The lowest BCUT2D eigenvalue weighted by Crippen LogP contribution is -2.70. The van der Waals surface area contributed by atoms with Crippen LogP contribution in [0.4, 0.5) is 0 Å². The number of rotatable bonds is 3. The predicted octanol–water partition coefficient (Wildman–Crippen LogP) is 1.65. The molecular weight excluding hydrogens is 312 g/mol. The fourth-order valence-electron chi connectivity index (χ4n) is 4.22. The first-order chi connectivity index (χ1) is 11.1. The highest BCUT2D eigenvalue weighted by Crippen LogP contribution is 2.39. The molecule has 2 heterocycles. The summed E-state index contributed by atoms with van der Waals surface area (Å²) in [6, 6.07) is -0.114. The van der Waals surface area contributed by atoms with Crippen molar-refractivity contribution >= 4 is 23.2 Å². The Labute approximate surface area is 139 Å². The zero-order valence-corrected chi connectivity index (χ0v) is 14.1. The zero-order chi connectivity index (χ0) is 16.0. The molecule has 1 saturated carbocycles. The van der Waals surface area contributed by atoms with Gasteiger partial charge < -0.3 is 15.4 Å². The van der Waals surface area contributed by atoms with Gasteiger partial charge in [0, 0.05) is 29.7 Å². The molecule has 0 radical (unpaired) electrons. The van der Waals surface area contributed by atoms with E-state index < -0.39 is 0 Å². The van der Waals surface area contributed by atoms with Crippen molar-refractivity contribution in [3.05, 3.63) is 21.4 Å². The Bertz CT molecular complexity index is 642. The molecule has 0 aromatic carbocycles. The van der Waals surface area contributed by atoms with E-state index in [0.29, 0.717) is 12.5 Å². The summed E-state index contributed by atoms with van der Waals surface area (Å²) in [7, 11) is 0. The van der Waals surface area contributed by atoms with Crippen molar-refractivity contribution in [3.63, 3.8) is 0 Å². The predicted molar refractivity (Wildman–Crippen MR) is 87.7 cm³/mol. The number of ether oxygens (including phenoxy) is 1. The van der Waals surface area contributed by atoms with Crippen LogP contribution in [0.25, 0.3) is 0 Å². The molecule has 3 aliphatic rings. The average Bonchev–Trinajstić information content (AvgIpc) is 3.15.